The number of fused-ring (bicyclic) bond motifs is 1. The monoisotopic (exact) mass is 461 g/mol. The highest BCUT2D eigenvalue weighted by Crippen LogP contribution is 2.38. The molecule has 9 heteroatoms. The van der Waals surface area contributed by atoms with E-state index in [1.165, 1.54) is 33.2 Å². The van der Waals surface area contributed by atoms with Crippen LogP contribution in [0.1, 0.15) is 58.9 Å². The minimum absolute atomic E-state index is 0.0220. The maximum atomic E-state index is 12.9. The van der Waals surface area contributed by atoms with E-state index in [4.69, 9.17) is 0 Å². The number of hydrogen-bond acceptors (Lipinski definition) is 8. The summed E-state index contributed by atoms with van der Waals surface area (Å²) in [6, 6.07) is 2.55. The van der Waals surface area contributed by atoms with Crippen LogP contribution in [0.25, 0.3) is 0 Å². The van der Waals surface area contributed by atoms with Crippen molar-refractivity contribution in [1.82, 2.24) is 4.90 Å². The molecule has 1 amide bonds. The Morgan fingerprint density at radius 3 is 2.33 bits per heavy atom. The molecule has 1 aliphatic carbocycles. The molecule has 3 atom stereocenters. The third-order valence-electron chi connectivity index (χ3n) is 6.12. The topological polar surface area (TPSA) is 149 Å². The number of Topliss-reactive ketones (excluding diaryl/α,β-unsaturated/α-hetero) is 4. The number of ketones is 4. The van der Waals surface area contributed by atoms with Crippen molar-refractivity contribution in [2.24, 2.45) is 17.8 Å². The lowest BCUT2D eigenvalue weighted by molar-refractivity contribution is -0.131. The SMILES string of the molecule is CC(=O)CC(=O)C(CO)C(CCO)CC1CC(=O)c2c(O)ccc(C(=O)C(=O)N(C)C)c2C1. The van der Waals surface area contributed by atoms with Crippen LogP contribution in [0.4, 0.5) is 0 Å². The van der Waals surface area contributed by atoms with Gasteiger partial charge in [-0.25, -0.2) is 0 Å². The van der Waals surface area contributed by atoms with E-state index in [0.717, 1.165) is 4.90 Å². The number of nitrogens with zero attached hydrogens (tertiary/aromatic N) is 1. The van der Waals surface area contributed by atoms with Gasteiger partial charge in [0.15, 0.2) is 5.78 Å². The molecule has 1 aromatic carbocycles. The zero-order chi connectivity index (χ0) is 24.9. The summed E-state index contributed by atoms with van der Waals surface area (Å²) in [5.74, 6) is -4.63. The van der Waals surface area contributed by atoms with Crippen LogP contribution in [-0.2, 0) is 20.8 Å². The standard InChI is InChI=1S/C24H31NO8/c1-13(28)8-20(30)18(12-27)15(6-7-26)9-14-10-17-16(23(32)24(33)25(2)3)4-5-19(29)22(17)21(31)11-14/h4-5,14-15,18,26-27,29H,6-12H2,1-3H3. The number of aromatic hydroxyl groups is 1. The average molecular weight is 462 g/mol. The summed E-state index contributed by atoms with van der Waals surface area (Å²) in [5, 5.41) is 29.6. The fraction of sp³-hybridized carbons (Fsp3) is 0.542. The summed E-state index contributed by atoms with van der Waals surface area (Å²) in [4.78, 5) is 62.8. The molecule has 180 valence electrons. The van der Waals surface area contributed by atoms with Crippen LogP contribution in [0.15, 0.2) is 12.1 Å². The summed E-state index contributed by atoms with van der Waals surface area (Å²) in [6.07, 6.45) is 0.403. The molecule has 0 aliphatic heterocycles. The zero-order valence-electron chi connectivity index (χ0n) is 19.2. The van der Waals surface area contributed by atoms with Gasteiger partial charge in [0.1, 0.15) is 17.3 Å². The molecule has 0 radical (unpaired) electrons. The van der Waals surface area contributed by atoms with Gasteiger partial charge in [-0.1, -0.05) is 0 Å². The molecule has 0 spiro atoms. The summed E-state index contributed by atoms with van der Waals surface area (Å²) >= 11 is 0. The highest BCUT2D eigenvalue weighted by molar-refractivity contribution is 6.43. The Kier molecular flexibility index (Phi) is 9.01. The van der Waals surface area contributed by atoms with Crippen LogP contribution in [-0.4, -0.2) is 76.6 Å². The third-order valence-corrected chi connectivity index (χ3v) is 6.12. The first-order chi connectivity index (χ1) is 15.5. The normalized spacial score (nSPS) is 17.1. The van der Waals surface area contributed by atoms with Gasteiger partial charge >= 0.3 is 0 Å². The first kappa shape index (κ1) is 26.3. The molecule has 0 saturated carbocycles. The molecule has 1 aromatic rings. The molecule has 33 heavy (non-hydrogen) atoms. The number of carbonyl (C=O) groups is 5. The van der Waals surface area contributed by atoms with E-state index in [-0.39, 0.29) is 78.6 Å². The fourth-order valence-electron chi connectivity index (χ4n) is 4.55. The van der Waals surface area contributed by atoms with Gasteiger partial charge < -0.3 is 20.2 Å². The predicted molar refractivity (Wildman–Crippen MR) is 118 cm³/mol. The Balaban J connectivity index is 2.38. The van der Waals surface area contributed by atoms with Gasteiger partial charge in [-0.05, 0) is 55.7 Å². The van der Waals surface area contributed by atoms with E-state index in [1.54, 1.807) is 0 Å². The van der Waals surface area contributed by atoms with Crippen molar-refractivity contribution < 1.29 is 39.3 Å². The van der Waals surface area contributed by atoms with Crippen molar-refractivity contribution in [1.29, 1.82) is 0 Å². The number of phenolic OH excluding ortho intramolecular Hbond substituents is 1. The van der Waals surface area contributed by atoms with Crippen LogP contribution < -0.4 is 0 Å². The van der Waals surface area contributed by atoms with Crippen LogP contribution in [0.2, 0.25) is 0 Å². The highest BCUT2D eigenvalue weighted by atomic mass is 16.3. The molecule has 2 rings (SSSR count). The summed E-state index contributed by atoms with van der Waals surface area (Å²) in [6.45, 7) is 0.549. The molecular weight excluding hydrogens is 430 g/mol. The first-order valence-electron chi connectivity index (χ1n) is 10.9. The molecule has 9 nitrogen and oxygen atoms in total. The number of rotatable bonds is 11. The number of aliphatic hydroxyl groups excluding tert-OH is 2. The van der Waals surface area contributed by atoms with E-state index < -0.39 is 35.9 Å². The fourth-order valence-corrected chi connectivity index (χ4v) is 4.55. The van der Waals surface area contributed by atoms with E-state index >= 15 is 0 Å². The van der Waals surface area contributed by atoms with Crippen LogP contribution in [0.3, 0.4) is 0 Å². The molecular formula is C24H31NO8. The Bertz CT molecular complexity index is 952. The number of amides is 1. The van der Waals surface area contributed by atoms with Crippen molar-refractivity contribution in [3.05, 3.63) is 28.8 Å². The van der Waals surface area contributed by atoms with E-state index in [9.17, 15) is 39.3 Å². The zero-order valence-corrected chi connectivity index (χ0v) is 19.2. The van der Waals surface area contributed by atoms with Gasteiger partial charge in [0.25, 0.3) is 11.7 Å². The Morgan fingerprint density at radius 2 is 1.79 bits per heavy atom. The average Bonchev–Trinajstić information content (AvgIpc) is 2.72. The molecule has 3 unspecified atom stereocenters. The number of benzene rings is 1. The number of likely N-dealkylation sites (N-methyl/N-ethyl adjacent to an activating group) is 1. The lowest BCUT2D eigenvalue weighted by Crippen LogP contribution is -2.34. The second kappa shape index (κ2) is 11.3. The Labute approximate surface area is 192 Å². The van der Waals surface area contributed by atoms with Crippen molar-refractivity contribution in [2.45, 2.75) is 39.0 Å². The molecule has 1 aliphatic rings. The van der Waals surface area contributed by atoms with E-state index in [0.29, 0.717) is 0 Å². The van der Waals surface area contributed by atoms with Crippen LogP contribution in [0, 0.1) is 17.8 Å². The number of carbonyl (C=O) groups excluding carboxylic acids is 5. The van der Waals surface area contributed by atoms with Crippen LogP contribution in [0.5, 0.6) is 5.75 Å². The van der Waals surface area contributed by atoms with Crippen molar-refractivity contribution in [3.8, 4) is 5.75 Å². The quantitative estimate of drug-likeness (QED) is 0.251. The van der Waals surface area contributed by atoms with Gasteiger partial charge in [0.2, 0.25) is 0 Å². The lowest BCUT2D eigenvalue weighted by Gasteiger charge is -2.31. The minimum atomic E-state index is -0.863. The van der Waals surface area contributed by atoms with Gasteiger partial charge in [-0.3, -0.25) is 24.0 Å². The van der Waals surface area contributed by atoms with Crippen molar-refractivity contribution >= 4 is 29.0 Å². The Hall–Kier alpha value is -2.91. The second-order valence-electron chi connectivity index (χ2n) is 8.85. The smallest absolute Gasteiger partial charge is 0.294 e. The number of hydrogen-bond donors (Lipinski definition) is 3. The minimum Gasteiger partial charge on any atom is -0.507 e. The summed E-state index contributed by atoms with van der Waals surface area (Å²) < 4.78 is 0. The van der Waals surface area contributed by atoms with Crippen molar-refractivity contribution in [2.75, 3.05) is 27.3 Å². The van der Waals surface area contributed by atoms with E-state index in [1.807, 2.05) is 0 Å². The Morgan fingerprint density at radius 1 is 1.12 bits per heavy atom. The molecule has 3 N–H and O–H groups in total. The number of aliphatic hydroxyl groups is 2. The maximum Gasteiger partial charge on any atom is 0.294 e. The summed E-state index contributed by atoms with van der Waals surface area (Å²) in [5.41, 5.74) is 0.355. The molecule has 0 bridgehead atoms. The molecule has 0 aromatic heterocycles. The van der Waals surface area contributed by atoms with Crippen molar-refractivity contribution in [3.63, 3.8) is 0 Å². The first-order valence-corrected chi connectivity index (χ1v) is 10.9. The predicted octanol–water partition coefficient (Wildman–Crippen LogP) is 0.954. The molecule has 0 saturated heterocycles. The maximum absolute atomic E-state index is 12.9. The largest absolute Gasteiger partial charge is 0.507 e. The molecule has 0 heterocycles. The lowest BCUT2D eigenvalue weighted by atomic mass is 9.72. The number of phenols is 1. The molecule has 0 fully saturated rings. The van der Waals surface area contributed by atoms with Gasteiger partial charge in [-0.2, -0.15) is 0 Å². The third kappa shape index (κ3) is 6.11. The van der Waals surface area contributed by atoms with Gasteiger partial charge in [0, 0.05) is 38.6 Å². The summed E-state index contributed by atoms with van der Waals surface area (Å²) in [7, 11) is 2.88. The van der Waals surface area contributed by atoms with Gasteiger partial charge in [-0.15, -0.1) is 0 Å². The van der Waals surface area contributed by atoms with E-state index in [2.05, 4.69) is 0 Å². The van der Waals surface area contributed by atoms with Gasteiger partial charge in [0.05, 0.1) is 18.6 Å². The highest BCUT2D eigenvalue weighted by Gasteiger charge is 2.36. The second-order valence-corrected chi connectivity index (χ2v) is 8.85. The van der Waals surface area contributed by atoms with Crippen LogP contribution >= 0.6 is 0 Å².